The fraction of sp³-hybridized carbons (Fsp3) is 0.345. The summed E-state index contributed by atoms with van der Waals surface area (Å²) in [5.41, 5.74) is 1.67. The van der Waals surface area contributed by atoms with Crippen molar-refractivity contribution in [1.29, 1.82) is 0 Å². The smallest absolute Gasteiger partial charge is 0.257 e. The van der Waals surface area contributed by atoms with Crippen LogP contribution in [0.4, 0.5) is 0 Å². The van der Waals surface area contributed by atoms with E-state index in [0.29, 0.717) is 54.6 Å². The maximum atomic E-state index is 13.3. The van der Waals surface area contributed by atoms with E-state index in [2.05, 4.69) is 5.32 Å². The third kappa shape index (κ3) is 6.23. The number of carbonyl (C=O) groups excluding carboxylic acids is 3. The Morgan fingerprint density at radius 1 is 1.13 bits per heavy atom. The Kier molecular flexibility index (Phi) is 7.83. The summed E-state index contributed by atoms with van der Waals surface area (Å²) >= 11 is 0. The Morgan fingerprint density at radius 3 is 2.79 bits per heavy atom. The lowest BCUT2D eigenvalue weighted by Gasteiger charge is -2.39. The summed E-state index contributed by atoms with van der Waals surface area (Å²) in [6, 6.07) is 13.6. The lowest BCUT2D eigenvalue weighted by molar-refractivity contribution is -0.124. The van der Waals surface area contributed by atoms with Crippen molar-refractivity contribution in [2.45, 2.75) is 32.1 Å². The van der Waals surface area contributed by atoms with E-state index >= 15 is 0 Å². The maximum absolute atomic E-state index is 13.3. The van der Waals surface area contributed by atoms with Gasteiger partial charge >= 0.3 is 0 Å². The number of hydrogen-bond acceptors (Lipinski definition) is 7. The molecule has 0 unspecified atom stereocenters. The standard InChI is InChI=1S/C29H31N3O7/c1-3-37-23-12-21-13-24(14-23)39-22-6-4-5-19(11-22)17-38-26-7-9-32(29(35)20-8-10-36-18-20)15-25(26)30-27(33)16-31(2)28(21)34/h4-6,8,10-14,18,25-26H,3,7,9,15-17H2,1-2H3,(H,30,33)/t25-,26+/m0/s1. The minimum Gasteiger partial charge on any atom is -0.494 e. The van der Waals surface area contributed by atoms with Crippen molar-refractivity contribution >= 4 is 17.7 Å². The van der Waals surface area contributed by atoms with E-state index < -0.39 is 6.04 Å². The predicted molar refractivity (Wildman–Crippen MR) is 141 cm³/mol. The maximum Gasteiger partial charge on any atom is 0.257 e. The summed E-state index contributed by atoms with van der Waals surface area (Å²) in [6.07, 6.45) is 3.06. The number of nitrogens with zero attached hydrogens (tertiary/aromatic N) is 2. The third-order valence-corrected chi connectivity index (χ3v) is 6.71. The summed E-state index contributed by atoms with van der Waals surface area (Å²) in [7, 11) is 1.56. The highest BCUT2D eigenvalue weighted by molar-refractivity contribution is 5.97. The fourth-order valence-electron chi connectivity index (χ4n) is 4.82. The largest absolute Gasteiger partial charge is 0.494 e. The van der Waals surface area contributed by atoms with Crippen LogP contribution in [0.15, 0.2) is 65.5 Å². The van der Waals surface area contributed by atoms with E-state index in [0.717, 1.165) is 5.56 Å². The van der Waals surface area contributed by atoms with Gasteiger partial charge in [0.1, 0.15) is 23.5 Å². The van der Waals surface area contributed by atoms with Gasteiger partial charge in [0, 0.05) is 31.8 Å². The van der Waals surface area contributed by atoms with Gasteiger partial charge in [0.25, 0.3) is 11.8 Å². The third-order valence-electron chi connectivity index (χ3n) is 6.71. The Labute approximate surface area is 226 Å². The molecule has 0 spiro atoms. The number of carbonyl (C=O) groups is 3. The average Bonchev–Trinajstić information content (AvgIpc) is 3.46. The van der Waals surface area contributed by atoms with E-state index in [1.54, 1.807) is 36.2 Å². The van der Waals surface area contributed by atoms with Gasteiger partial charge in [-0.25, -0.2) is 0 Å². The molecule has 4 bridgehead atoms. The molecular weight excluding hydrogens is 502 g/mol. The molecule has 2 aliphatic rings. The molecule has 1 N–H and O–H groups in total. The molecule has 3 heterocycles. The molecule has 39 heavy (non-hydrogen) atoms. The van der Waals surface area contributed by atoms with E-state index in [1.165, 1.54) is 17.4 Å². The monoisotopic (exact) mass is 533 g/mol. The Balaban J connectivity index is 1.43. The van der Waals surface area contributed by atoms with Crippen molar-refractivity contribution in [3.05, 3.63) is 77.7 Å². The van der Waals surface area contributed by atoms with Crippen molar-refractivity contribution in [3.8, 4) is 17.2 Å². The zero-order chi connectivity index (χ0) is 27.4. The number of hydrogen-bond donors (Lipinski definition) is 1. The highest BCUT2D eigenvalue weighted by Crippen LogP contribution is 2.29. The van der Waals surface area contributed by atoms with Crippen LogP contribution in [0.5, 0.6) is 17.2 Å². The average molecular weight is 534 g/mol. The molecule has 0 aliphatic carbocycles. The van der Waals surface area contributed by atoms with Gasteiger partial charge in [-0.1, -0.05) is 12.1 Å². The van der Waals surface area contributed by atoms with Crippen molar-refractivity contribution in [1.82, 2.24) is 15.1 Å². The number of ether oxygens (including phenoxy) is 3. The van der Waals surface area contributed by atoms with Crippen LogP contribution in [-0.2, 0) is 16.1 Å². The highest BCUT2D eigenvalue weighted by Gasteiger charge is 2.34. The van der Waals surface area contributed by atoms with Crippen molar-refractivity contribution < 1.29 is 33.0 Å². The zero-order valence-electron chi connectivity index (χ0n) is 21.9. The van der Waals surface area contributed by atoms with Gasteiger partial charge in [0.15, 0.2) is 0 Å². The number of likely N-dealkylation sites (N-methyl/N-ethyl adjacent to an activating group) is 1. The second-order valence-electron chi connectivity index (χ2n) is 9.61. The number of furan rings is 1. The van der Waals surface area contributed by atoms with E-state index in [-0.39, 0.29) is 36.9 Å². The number of nitrogens with one attached hydrogen (secondary N) is 1. The van der Waals surface area contributed by atoms with Crippen LogP contribution in [0.1, 0.15) is 39.6 Å². The lowest BCUT2D eigenvalue weighted by Crippen LogP contribution is -2.58. The summed E-state index contributed by atoms with van der Waals surface area (Å²) in [4.78, 5) is 42.4. The van der Waals surface area contributed by atoms with Crippen molar-refractivity contribution in [2.24, 2.45) is 0 Å². The molecule has 204 valence electrons. The van der Waals surface area contributed by atoms with Gasteiger partial charge in [0.2, 0.25) is 5.91 Å². The molecular formula is C29H31N3O7. The van der Waals surface area contributed by atoms with Gasteiger partial charge < -0.3 is 33.7 Å². The van der Waals surface area contributed by atoms with Crippen LogP contribution >= 0.6 is 0 Å². The van der Waals surface area contributed by atoms with Gasteiger partial charge in [-0.3, -0.25) is 14.4 Å². The van der Waals surface area contributed by atoms with Crippen molar-refractivity contribution in [3.63, 3.8) is 0 Å². The molecule has 1 aromatic heterocycles. The number of piperidine rings is 1. The molecule has 10 heteroatoms. The first-order valence-corrected chi connectivity index (χ1v) is 12.9. The number of rotatable bonds is 3. The van der Waals surface area contributed by atoms with Crippen LogP contribution in [0.2, 0.25) is 0 Å². The molecule has 2 atom stereocenters. The molecule has 1 fully saturated rings. The molecule has 3 aromatic rings. The number of benzene rings is 2. The normalized spacial score (nSPS) is 20.1. The first kappa shape index (κ1) is 26.3. The van der Waals surface area contributed by atoms with E-state index in [4.69, 9.17) is 18.6 Å². The minimum absolute atomic E-state index is 0.175. The molecule has 0 saturated carbocycles. The molecule has 5 rings (SSSR count). The summed E-state index contributed by atoms with van der Waals surface area (Å²) in [5, 5.41) is 3.00. The second-order valence-corrected chi connectivity index (χ2v) is 9.61. The van der Waals surface area contributed by atoms with Crippen LogP contribution in [0.25, 0.3) is 0 Å². The lowest BCUT2D eigenvalue weighted by atomic mass is 10.0. The first-order chi connectivity index (χ1) is 18.9. The van der Waals surface area contributed by atoms with Crippen LogP contribution in [-0.4, -0.2) is 73.0 Å². The Morgan fingerprint density at radius 2 is 2.00 bits per heavy atom. The SMILES string of the molecule is CCOc1cc2cc(c1)C(=O)N(C)CC(=O)N[C@H]1CN(C(=O)c3ccoc3)CC[C@H]1OCc1cccc(c1)O2. The van der Waals surface area contributed by atoms with Crippen molar-refractivity contribution in [2.75, 3.05) is 33.3 Å². The van der Waals surface area contributed by atoms with Gasteiger partial charge in [0.05, 0.1) is 43.7 Å². The zero-order valence-corrected chi connectivity index (χ0v) is 21.9. The number of likely N-dealkylation sites (tertiary alicyclic amines) is 1. The van der Waals surface area contributed by atoms with Crippen LogP contribution in [0, 0.1) is 0 Å². The van der Waals surface area contributed by atoms with E-state index in [9.17, 15) is 14.4 Å². The van der Waals surface area contributed by atoms with Crippen LogP contribution < -0.4 is 14.8 Å². The van der Waals surface area contributed by atoms with Gasteiger partial charge in [-0.15, -0.1) is 0 Å². The number of fused-ring (bicyclic) bond motifs is 5. The molecule has 10 nitrogen and oxygen atoms in total. The summed E-state index contributed by atoms with van der Waals surface area (Å²) < 4.78 is 23.1. The number of amides is 3. The molecule has 0 radical (unpaired) electrons. The molecule has 1 saturated heterocycles. The Hall–Kier alpha value is -4.31. The van der Waals surface area contributed by atoms with E-state index in [1.807, 2.05) is 31.2 Å². The highest BCUT2D eigenvalue weighted by atomic mass is 16.5. The molecule has 3 amide bonds. The summed E-state index contributed by atoms with van der Waals surface area (Å²) in [6.45, 7) is 3.14. The minimum atomic E-state index is -0.467. The fourth-order valence-corrected chi connectivity index (χ4v) is 4.82. The van der Waals surface area contributed by atoms with Gasteiger partial charge in [-0.2, -0.15) is 0 Å². The van der Waals surface area contributed by atoms with Crippen LogP contribution in [0.3, 0.4) is 0 Å². The predicted octanol–water partition coefficient (Wildman–Crippen LogP) is 3.47. The first-order valence-electron chi connectivity index (χ1n) is 12.9. The molecule has 2 aliphatic heterocycles. The molecule has 2 aromatic carbocycles. The second kappa shape index (κ2) is 11.6. The Bertz CT molecular complexity index is 1340. The topological polar surface area (TPSA) is 111 Å². The summed E-state index contributed by atoms with van der Waals surface area (Å²) in [5.74, 6) is 0.644. The van der Waals surface area contributed by atoms with Gasteiger partial charge in [-0.05, 0) is 49.2 Å². The quantitative estimate of drug-likeness (QED) is 0.549.